The van der Waals surface area contributed by atoms with Crippen LogP contribution in [-0.2, 0) is 16.6 Å². The highest BCUT2D eigenvalue weighted by Gasteiger charge is 2.26. The van der Waals surface area contributed by atoms with E-state index in [1.54, 1.807) is 42.5 Å². The standard InChI is InChI=1S/C27H31N3O5S2/c1-5-7-16-29(6-2)37(32,33)22-13-11-20(12-14-22)26(31)30(18-21-9-8-17-35-21)27-28-24-23(34-4)15-10-19(3)25(24)36-27/h8-15,17H,5-7,16,18H2,1-4H3. The summed E-state index contributed by atoms with van der Waals surface area (Å²) in [5, 5.41) is 0.498. The predicted molar refractivity (Wildman–Crippen MR) is 146 cm³/mol. The third kappa shape index (κ3) is 5.56. The number of carbonyl (C=O) groups is 1. The monoisotopic (exact) mass is 541 g/mol. The largest absolute Gasteiger partial charge is 0.494 e. The van der Waals surface area contributed by atoms with Gasteiger partial charge in [-0.1, -0.05) is 37.7 Å². The Morgan fingerprint density at radius 1 is 1.11 bits per heavy atom. The molecule has 4 rings (SSSR count). The van der Waals surface area contributed by atoms with E-state index in [1.165, 1.54) is 27.8 Å². The fraction of sp³-hybridized carbons (Fsp3) is 0.333. The summed E-state index contributed by atoms with van der Waals surface area (Å²) >= 11 is 1.40. The summed E-state index contributed by atoms with van der Waals surface area (Å²) in [4.78, 5) is 20.2. The van der Waals surface area contributed by atoms with Crippen LogP contribution in [0.4, 0.5) is 5.13 Å². The van der Waals surface area contributed by atoms with Crippen molar-refractivity contribution >= 4 is 42.6 Å². The van der Waals surface area contributed by atoms with Gasteiger partial charge in [-0.3, -0.25) is 9.69 Å². The Kier molecular flexibility index (Phi) is 8.31. The van der Waals surface area contributed by atoms with Gasteiger partial charge in [0, 0.05) is 18.7 Å². The van der Waals surface area contributed by atoms with Crippen LogP contribution in [0.25, 0.3) is 10.2 Å². The molecule has 0 saturated carbocycles. The fourth-order valence-electron chi connectivity index (χ4n) is 4.02. The average molecular weight is 542 g/mol. The van der Waals surface area contributed by atoms with Crippen molar-refractivity contribution in [1.29, 1.82) is 0 Å². The van der Waals surface area contributed by atoms with Crippen molar-refractivity contribution in [3.8, 4) is 5.75 Å². The molecule has 8 nitrogen and oxygen atoms in total. The molecule has 4 aromatic rings. The van der Waals surface area contributed by atoms with Crippen molar-refractivity contribution < 1.29 is 22.4 Å². The maximum Gasteiger partial charge on any atom is 0.260 e. The van der Waals surface area contributed by atoms with Gasteiger partial charge in [-0.05, 0) is 61.4 Å². The Bertz CT molecular complexity index is 1460. The zero-order valence-electron chi connectivity index (χ0n) is 21.4. The van der Waals surface area contributed by atoms with Crippen LogP contribution in [0.2, 0.25) is 0 Å². The van der Waals surface area contributed by atoms with Crippen molar-refractivity contribution in [3.05, 3.63) is 71.7 Å². The van der Waals surface area contributed by atoms with Crippen LogP contribution in [0.15, 0.2) is 64.1 Å². The number of aromatic nitrogens is 1. The molecule has 0 N–H and O–H groups in total. The van der Waals surface area contributed by atoms with E-state index in [-0.39, 0.29) is 17.3 Å². The van der Waals surface area contributed by atoms with Crippen molar-refractivity contribution in [2.75, 3.05) is 25.1 Å². The summed E-state index contributed by atoms with van der Waals surface area (Å²) in [7, 11) is -2.05. The highest BCUT2D eigenvalue weighted by Crippen LogP contribution is 2.37. The number of nitrogens with zero attached hydrogens (tertiary/aromatic N) is 3. The van der Waals surface area contributed by atoms with Gasteiger partial charge in [-0.15, -0.1) is 0 Å². The van der Waals surface area contributed by atoms with Gasteiger partial charge in [0.1, 0.15) is 17.0 Å². The van der Waals surface area contributed by atoms with E-state index in [9.17, 15) is 13.2 Å². The summed E-state index contributed by atoms with van der Waals surface area (Å²) in [6.45, 7) is 6.87. The number of hydrogen-bond acceptors (Lipinski definition) is 7. The second-order valence-electron chi connectivity index (χ2n) is 8.60. The van der Waals surface area contributed by atoms with Crippen LogP contribution in [0.3, 0.4) is 0 Å². The molecule has 0 bridgehead atoms. The summed E-state index contributed by atoms with van der Waals surface area (Å²) in [6.07, 6.45) is 3.25. The lowest BCUT2D eigenvalue weighted by Crippen LogP contribution is -2.32. The number of anilines is 1. The molecule has 2 aromatic carbocycles. The number of ether oxygens (including phenoxy) is 1. The van der Waals surface area contributed by atoms with E-state index in [4.69, 9.17) is 14.1 Å². The number of aryl methyl sites for hydroxylation is 1. The molecule has 0 atom stereocenters. The average Bonchev–Trinajstić information content (AvgIpc) is 3.58. The third-order valence-electron chi connectivity index (χ3n) is 6.13. The van der Waals surface area contributed by atoms with Gasteiger partial charge in [0.25, 0.3) is 5.91 Å². The molecule has 1 amide bonds. The Hall–Kier alpha value is -3.21. The normalized spacial score (nSPS) is 11.8. The molecule has 0 saturated heterocycles. The highest BCUT2D eigenvalue weighted by atomic mass is 32.2. The Morgan fingerprint density at radius 2 is 1.86 bits per heavy atom. The van der Waals surface area contributed by atoms with E-state index in [0.29, 0.717) is 40.8 Å². The molecule has 0 aliphatic carbocycles. The minimum Gasteiger partial charge on any atom is -0.494 e. The van der Waals surface area contributed by atoms with Crippen LogP contribution in [0, 0.1) is 6.92 Å². The highest BCUT2D eigenvalue weighted by molar-refractivity contribution is 7.89. The number of amides is 1. The maximum absolute atomic E-state index is 13.7. The molecule has 196 valence electrons. The molecular weight excluding hydrogens is 510 g/mol. The molecule has 0 fully saturated rings. The van der Waals surface area contributed by atoms with Gasteiger partial charge >= 0.3 is 0 Å². The van der Waals surface area contributed by atoms with Crippen LogP contribution >= 0.6 is 11.3 Å². The third-order valence-corrected chi connectivity index (χ3v) is 9.34. The molecule has 2 aromatic heterocycles. The smallest absolute Gasteiger partial charge is 0.260 e. The minimum atomic E-state index is -3.64. The van der Waals surface area contributed by atoms with Gasteiger partial charge < -0.3 is 9.15 Å². The van der Waals surface area contributed by atoms with Crippen LogP contribution < -0.4 is 9.64 Å². The van der Waals surface area contributed by atoms with E-state index < -0.39 is 10.0 Å². The number of fused-ring (bicyclic) bond motifs is 1. The first-order valence-electron chi connectivity index (χ1n) is 12.2. The Morgan fingerprint density at radius 3 is 2.49 bits per heavy atom. The zero-order chi connectivity index (χ0) is 26.6. The SMILES string of the molecule is CCCCN(CC)S(=O)(=O)c1ccc(C(=O)N(Cc2ccco2)c2nc3c(OC)ccc(C)c3s2)cc1. The Balaban J connectivity index is 1.69. The molecule has 0 spiro atoms. The number of thiazole rings is 1. The number of sulfonamides is 1. The zero-order valence-corrected chi connectivity index (χ0v) is 23.1. The van der Waals surface area contributed by atoms with Crippen LogP contribution in [-0.4, -0.2) is 43.8 Å². The molecule has 0 unspecified atom stereocenters. The van der Waals surface area contributed by atoms with Crippen molar-refractivity contribution in [1.82, 2.24) is 9.29 Å². The molecule has 0 radical (unpaired) electrons. The van der Waals surface area contributed by atoms with Crippen LogP contribution in [0.5, 0.6) is 5.75 Å². The molecule has 10 heteroatoms. The first kappa shape index (κ1) is 26.8. The number of carbonyl (C=O) groups excluding carboxylic acids is 1. The van der Waals surface area contributed by atoms with Crippen molar-refractivity contribution in [2.24, 2.45) is 0 Å². The maximum atomic E-state index is 13.7. The number of methoxy groups -OCH3 is 1. The summed E-state index contributed by atoms with van der Waals surface area (Å²) < 4.78 is 39.6. The lowest BCUT2D eigenvalue weighted by molar-refractivity contribution is 0.0983. The van der Waals surface area contributed by atoms with E-state index in [0.717, 1.165) is 23.1 Å². The number of furan rings is 1. The fourth-order valence-corrected chi connectivity index (χ4v) is 6.56. The quantitative estimate of drug-likeness (QED) is 0.236. The van der Waals surface area contributed by atoms with Gasteiger partial charge in [-0.25, -0.2) is 13.4 Å². The number of hydrogen-bond donors (Lipinski definition) is 0. The molecule has 0 aliphatic heterocycles. The minimum absolute atomic E-state index is 0.167. The van der Waals surface area contributed by atoms with E-state index >= 15 is 0 Å². The topological polar surface area (TPSA) is 93.0 Å². The first-order valence-corrected chi connectivity index (χ1v) is 14.4. The van der Waals surface area contributed by atoms with Gasteiger partial charge in [0.2, 0.25) is 10.0 Å². The number of rotatable bonds is 11. The van der Waals surface area contributed by atoms with E-state index in [2.05, 4.69) is 0 Å². The lowest BCUT2D eigenvalue weighted by Gasteiger charge is -2.21. The summed E-state index contributed by atoms with van der Waals surface area (Å²) in [6, 6.07) is 13.5. The van der Waals surface area contributed by atoms with Gasteiger partial charge in [0.05, 0.1) is 29.5 Å². The predicted octanol–water partition coefficient (Wildman–Crippen LogP) is 5.86. The Labute approximate surface area is 221 Å². The van der Waals surface area contributed by atoms with Crippen molar-refractivity contribution in [2.45, 2.75) is 45.1 Å². The number of benzene rings is 2. The van der Waals surface area contributed by atoms with Gasteiger partial charge in [0.15, 0.2) is 5.13 Å². The van der Waals surface area contributed by atoms with Gasteiger partial charge in [-0.2, -0.15) is 4.31 Å². The van der Waals surface area contributed by atoms with E-state index in [1.807, 2.05) is 32.9 Å². The van der Waals surface area contributed by atoms with Crippen LogP contribution in [0.1, 0.15) is 48.4 Å². The summed E-state index contributed by atoms with van der Waals surface area (Å²) in [5.41, 5.74) is 2.07. The second kappa shape index (κ2) is 11.5. The molecule has 2 heterocycles. The molecule has 37 heavy (non-hydrogen) atoms. The second-order valence-corrected chi connectivity index (χ2v) is 11.5. The molecular formula is C27H31N3O5S2. The lowest BCUT2D eigenvalue weighted by atomic mass is 10.2. The van der Waals surface area contributed by atoms with Crippen molar-refractivity contribution in [3.63, 3.8) is 0 Å². The number of unbranched alkanes of at least 4 members (excludes halogenated alkanes) is 1. The first-order chi connectivity index (χ1) is 17.8. The summed E-state index contributed by atoms with van der Waals surface area (Å²) in [5.74, 6) is 0.922. The molecule has 0 aliphatic rings.